The van der Waals surface area contributed by atoms with Gasteiger partial charge in [0.2, 0.25) is 5.91 Å². The fraction of sp³-hybridized carbons (Fsp3) is 0.933. The lowest BCUT2D eigenvalue weighted by atomic mass is 9.86. The van der Waals surface area contributed by atoms with Crippen molar-refractivity contribution >= 4 is 5.91 Å². The van der Waals surface area contributed by atoms with Crippen LogP contribution in [-0.4, -0.2) is 61.0 Å². The summed E-state index contributed by atoms with van der Waals surface area (Å²) in [5.74, 6) is 1.17. The van der Waals surface area contributed by atoms with Crippen LogP contribution in [0, 0.1) is 5.92 Å². The van der Waals surface area contributed by atoms with E-state index < -0.39 is 0 Å². The van der Waals surface area contributed by atoms with E-state index in [-0.39, 0.29) is 6.04 Å². The number of nitrogens with zero attached hydrogens (tertiary/aromatic N) is 2. The van der Waals surface area contributed by atoms with Gasteiger partial charge in [-0.2, -0.15) is 0 Å². The van der Waals surface area contributed by atoms with Crippen LogP contribution in [-0.2, 0) is 4.79 Å². The van der Waals surface area contributed by atoms with Gasteiger partial charge in [0.05, 0.1) is 6.04 Å². The molecule has 0 aromatic rings. The fourth-order valence-corrected chi connectivity index (χ4v) is 3.29. The SMILES string of the molecule is CC1CCC(N(C)C(C)C(=O)N2CCNCC2)CC1. The molecule has 2 rings (SSSR count). The molecule has 2 aliphatic rings. The molecule has 1 aliphatic carbocycles. The summed E-state index contributed by atoms with van der Waals surface area (Å²) in [6.07, 6.45) is 5.11. The van der Waals surface area contributed by atoms with Crippen molar-refractivity contribution in [2.75, 3.05) is 33.2 Å². The van der Waals surface area contributed by atoms with Crippen molar-refractivity contribution in [3.8, 4) is 0 Å². The molecular formula is C15H29N3O. The lowest BCUT2D eigenvalue weighted by molar-refractivity contribution is -0.137. The average Bonchev–Trinajstić information content (AvgIpc) is 2.46. The molecule has 4 heteroatoms. The summed E-state index contributed by atoms with van der Waals surface area (Å²) in [4.78, 5) is 16.8. The van der Waals surface area contributed by atoms with Gasteiger partial charge < -0.3 is 10.2 Å². The summed E-state index contributed by atoms with van der Waals surface area (Å²) in [6, 6.07) is 0.620. The van der Waals surface area contributed by atoms with Gasteiger partial charge in [-0.15, -0.1) is 0 Å². The van der Waals surface area contributed by atoms with Gasteiger partial charge in [0, 0.05) is 32.2 Å². The first-order valence-electron chi connectivity index (χ1n) is 7.81. The van der Waals surface area contributed by atoms with E-state index in [0.717, 1.165) is 32.1 Å². The Morgan fingerprint density at radius 2 is 1.79 bits per heavy atom. The minimum Gasteiger partial charge on any atom is -0.339 e. The molecule has 0 radical (unpaired) electrons. The fourth-order valence-electron chi connectivity index (χ4n) is 3.29. The second-order valence-corrected chi connectivity index (χ2v) is 6.33. The maximum atomic E-state index is 12.5. The molecule has 19 heavy (non-hydrogen) atoms. The zero-order valence-corrected chi connectivity index (χ0v) is 12.7. The molecule has 1 heterocycles. The summed E-state index contributed by atoms with van der Waals surface area (Å²) < 4.78 is 0. The minimum absolute atomic E-state index is 0.0245. The van der Waals surface area contributed by atoms with Crippen molar-refractivity contribution in [1.82, 2.24) is 15.1 Å². The van der Waals surface area contributed by atoms with Crippen molar-refractivity contribution in [3.05, 3.63) is 0 Å². The Kier molecular flexibility index (Phi) is 5.22. The molecule has 1 amide bonds. The van der Waals surface area contributed by atoms with Crippen molar-refractivity contribution in [2.45, 2.75) is 51.6 Å². The molecule has 1 saturated heterocycles. The highest BCUT2D eigenvalue weighted by Gasteiger charge is 2.30. The number of rotatable bonds is 3. The lowest BCUT2D eigenvalue weighted by Gasteiger charge is -2.39. The molecule has 1 N–H and O–H groups in total. The Morgan fingerprint density at radius 1 is 1.21 bits per heavy atom. The minimum atomic E-state index is 0.0245. The number of hydrogen-bond acceptors (Lipinski definition) is 3. The maximum absolute atomic E-state index is 12.5. The molecule has 0 bridgehead atoms. The second-order valence-electron chi connectivity index (χ2n) is 6.33. The first-order chi connectivity index (χ1) is 9.09. The highest BCUT2D eigenvalue weighted by molar-refractivity contribution is 5.81. The number of carbonyl (C=O) groups is 1. The molecule has 1 atom stereocenters. The molecular weight excluding hydrogens is 238 g/mol. The predicted octanol–water partition coefficient (Wildman–Crippen LogP) is 1.32. The van der Waals surface area contributed by atoms with Crippen LogP contribution in [0.5, 0.6) is 0 Å². The zero-order valence-electron chi connectivity index (χ0n) is 12.7. The summed E-state index contributed by atoms with van der Waals surface area (Å²) in [5.41, 5.74) is 0. The predicted molar refractivity (Wildman–Crippen MR) is 78.1 cm³/mol. The van der Waals surface area contributed by atoms with Crippen molar-refractivity contribution in [3.63, 3.8) is 0 Å². The Labute approximate surface area is 117 Å². The maximum Gasteiger partial charge on any atom is 0.239 e. The van der Waals surface area contributed by atoms with E-state index in [2.05, 4.69) is 31.1 Å². The molecule has 0 aromatic heterocycles. The Balaban J connectivity index is 1.86. The van der Waals surface area contributed by atoms with E-state index in [1.807, 2.05) is 4.90 Å². The topological polar surface area (TPSA) is 35.6 Å². The van der Waals surface area contributed by atoms with Crippen LogP contribution >= 0.6 is 0 Å². The van der Waals surface area contributed by atoms with Gasteiger partial charge in [0.1, 0.15) is 0 Å². The largest absolute Gasteiger partial charge is 0.339 e. The van der Waals surface area contributed by atoms with E-state index in [1.54, 1.807) is 0 Å². The van der Waals surface area contributed by atoms with E-state index in [1.165, 1.54) is 25.7 Å². The molecule has 2 fully saturated rings. The molecule has 1 unspecified atom stereocenters. The van der Waals surface area contributed by atoms with Crippen LogP contribution in [0.1, 0.15) is 39.5 Å². The van der Waals surface area contributed by atoms with E-state index in [9.17, 15) is 4.79 Å². The van der Waals surface area contributed by atoms with E-state index >= 15 is 0 Å². The number of nitrogens with one attached hydrogen (secondary N) is 1. The molecule has 0 aromatic carbocycles. The second kappa shape index (κ2) is 6.71. The molecule has 0 spiro atoms. The van der Waals surface area contributed by atoms with Crippen LogP contribution in [0.4, 0.5) is 0 Å². The Hall–Kier alpha value is -0.610. The summed E-state index contributed by atoms with van der Waals surface area (Å²) in [7, 11) is 2.13. The first kappa shape index (κ1) is 14.8. The Bertz CT molecular complexity index is 294. The van der Waals surface area contributed by atoms with Gasteiger partial charge in [0.15, 0.2) is 0 Å². The zero-order chi connectivity index (χ0) is 13.8. The number of amides is 1. The highest BCUT2D eigenvalue weighted by Crippen LogP contribution is 2.27. The van der Waals surface area contributed by atoms with Gasteiger partial charge in [0.25, 0.3) is 0 Å². The summed E-state index contributed by atoms with van der Waals surface area (Å²) in [5, 5.41) is 3.30. The number of likely N-dealkylation sites (N-methyl/N-ethyl adjacent to an activating group) is 1. The van der Waals surface area contributed by atoms with Crippen LogP contribution in [0.2, 0.25) is 0 Å². The first-order valence-corrected chi connectivity index (χ1v) is 7.81. The summed E-state index contributed by atoms with van der Waals surface area (Å²) in [6.45, 7) is 8.00. The molecule has 1 aliphatic heterocycles. The molecule has 1 saturated carbocycles. The van der Waals surface area contributed by atoms with Crippen LogP contribution in [0.15, 0.2) is 0 Å². The highest BCUT2D eigenvalue weighted by atomic mass is 16.2. The third kappa shape index (κ3) is 3.69. The van der Waals surface area contributed by atoms with Crippen molar-refractivity contribution < 1.29 is 4.79 Å². The van der Waals surface area contributed by atoms with E-state index in [0.29, 0.717) is 11.9 Å². The van der Waals surface area contributed by atoms with Gasteiger partial charge >= 0.3 is 0 Å². The summed E-state index contributed by atoms with van der Waals surface area (Å²) >= 11 is 0. The van der Waals surface area contributed by atoms with Crippen LogP contribution < -0.4 is 5.32 Å². The quantitative estimate of drug-likeness (QED) is 0.837. The lowest BCUT2D eigenvalue weighted by Crippen LogP contribution is -2.54. The average molecular weight is 267 g/mol. The van der Waals surface area contributed by atoms with Crippen molar-refractivity contribution in [2.24, 2.45) is 5.92 Å². The van der Waals surface area contributed by atoms with Crippen LogP contribution in [0.25, 0.3) is 0 Å². The number of piperazine rings is 1. The monoisotopic (exact) mass is 267 g/mol. The third-order valence-electron chi connectivity index (χ3n) is 4.96. The van der Waals surface area contributed by atoms with Gasteiger partial charge in [-0.1, -0.05) is 6.92 Å². The smallest absolute Gasteiger partial charge is 0.239 e. The van der Waals surface area contributed by atoms with Gasteiger partial charge in [-0.3, -0.25) is 9.69 Å². The Morgan fingerprint density at radius 3 is 2.37 bits per heavy atom. The van der Waals surface area contributed by atoms with E-state index in [4.69, 9.17) is 0 Å². The van der Waals surface area contributed by atoms with Crippen LogP contribution in [0.3, 0.4) is 0 Å². The van der Waals surface area contributed by atoms with Gasteiger partial charge in [-0.05, 0) is 45.6 Å². The third-order valence-corrected chi connectivity index (χ3v) is 4.96. The molecule has 4 nitrogen and oxygen atoms in total. The number of hydrogen-bond donors (Lipinski definition) is 1. The normalized spacial score (nSPS) is 30.4. The van der Waals surface area contributed by atoms with Gasteiger partial charge in [-0.25, -0.2) is 0 Å². The molecule has 110 valence electrons. The standard InChI is InChI=1S/C15H29N3O/c1-12-4-6-14(7-5-12)17(3)13(2)15(19)18-10-8-16-9-11-18/h12-14,16H,4-11H2,1-3H3. The van der Waals surface area contributed by atoms with Crippen molar-refractivity contribution in [1.29, 1.82) is 0 Å². The number of carbonyl (C=O) groups excluding carboxylic acids is 1.